The molecule has 0 spiro atoms. The predicted molar refractivity (Wildman–Crippen MR) is 80.8 cm³/mol. The molecule has 0 aliphatic heterocycles. The van der Waals surface area contributed by atoms with E-state index in [1.165, 1.54) is 19.2 Å². The molecule has 0 heterocycles. The highest BCUT2D eigenvalue weighted by Crippen LogP contribution is 2.36. The quantitative estimate of drug-likeness (QED) is 0.726. The van der Waals surface area contributed by atoms with E-state index in [2.05, 4.69) is 22.9 Å². The monoisotopic (exact) mass is 348 g/mol. The topological polar surface area (TPSA) is 55.8 Å². The number of hydrogen-bond acceptors (Lipinski definition) is 4. The second-order valence-electron chi connectivity index (χ2n) is 3.69. The van der Waals surface area contributed by atoms with Crippen molar-refractivity contribution in [2.75, 3.05) is 25.2 Å². The van der Waals surface area contributed by atoms with E-state index in [1.54, 1.807) is 0 Å². The third-order valence-electron chi connectivity index (χ3n) is 2.36. The molecule has 19 heavy (non-hydrogen) atoms. The van der Waals surface area contributed by atoms with Gasteiger partial charge in [-0.3, -0.25) is 0 Å². The Bertz CT molecular complexity index is 437. The second kappa shape index (κ2) is 8.32. The van der Waals surface area contributed by atoms with Crippen LogP contribution in [0.3, 0.4) is 0 Å². The Balaban J connectivity index is 2.74. The molecule has 0 radical (unpaired) electrons. The highest BCUT2D eigenvalue weighted by molar-refractivity contribution is 9.10. The SMILES string of the molecule is CCSCCCOc1c(Br)cc(C(=O)O)cc1OC. The molecule has 1 rings (SSSR count). The van der Waals surface area contributed by atoms with Crippen molar-refractivity contribution in [2.45, 2.75) is 13.3 Å². The van der Waals surface area contributed by atoms with Gasteiger partial charge < -0.3 is 14.6 Å². The first-order valence-corrected chi connectivity index (χ1v) is 7.86. The van der Waals surface area contributed by atoms with Gasteiger partial charge in [0.1, 0.15) is 0 Å². The van der Waals surface area contributed by atoms with Crippen molar-refractivity contribution >= 4 is 33.7 Å². The zero-order chi connectivity index (χ0) is 14.3. The maximum Gasteiger partial charge on any atom is 0.335 e. The van der Waals surface area contributed by atoms with E-state index in [0.717, 1.165) is 17.9 Å². The van der Waals surface area contributed by atoms with Crippen molar-refractivity contribution in [1.82, 2.24) is 0 Å². The summed E-state index contributed by atoms with van der Waals surface area (Å²) >= 11 is 5.18. The van der Waals surface area contributed by atoms with Gasteiger partial charge in [0.15, 0.2) is 11.5 Å². The van der Waals surface area contributed by atoms with Crippen LogP contribution in [0.4, 0.5) is 0 Å². The number of benzene rings is 1. The molecular weight excluding hydrogens is 332 g/mol. The molecule has 0 aromatic heterocycles. The fourth-order valence-electron chi connectivity index (χ4n) is 1.46. The number of rotatable bonds is 8. The molecule has 0 aliphatic carbocycles. The maximum atomic E-state index is 10.9. The number of carboxylic acids is 1. The molecule has 0 atom stereocenters. The van der Waals surface area contributed by atoms with Crippen LogP contribution in [0.2, 0.25) is 0 Å². The highest BCUT2D eigenvalue weighted by Gasteiger charge is 2.14. The lowest BCUT2D eigenvalue weighted by atomic mass is 10.2. The van der Waals surface area contributed by atoms with Crippen molar-refractivity contribution in [1.29, 1.82) is 0 Å². The second-order valence-corrected chi connectivity index (χ2v) is 5.94. The van der Waals surface area contributed by atoms with Crippen molar-refractivity contribution in [2.24, 2.45) is 0 Å². The van der Waals surface area contributed by atoms with Gasteiger partial charge in [-0.05, 0) is 46.0 Å². The molecule has 0 amide bonds. The molecule has 1 aromatic carbocycles. The fourth-order valence-corrected chi connectivity index (χ4v) is 2.63. The van der Waals surface area contributed by atoms with Crippen LogP contribution in [0, 0.1) is 0 Å². The molecule has 0 aliphatic rings. The first-order valence-electron chi connectivity index (χ1n) is 5.91. The molecule has 0 bridgehead atoms. The van der Waals surface area contributed by atoms with Gasteiger partial charge in [0.05, 0.1) is 23.8 Å². The smallest absolute Gasteiger partial charge is 0.335 e. The minimum absolute atomic E-state index is 0.164. The summed E-state index contributed by atoms with van der Waals surface area (Å²) < 4.78 is 11.4. The summed E-state index contributed by atoms with van der Waals surface area (Å²) in [5, 5.41) is 8.97. The van der Waals surface area contributed by atoms with Crippen LogP contribution >= 0.6 is 27.7 Å². The largest absolute Gasteiger partial charge is 0.493 e. The van der Waals surface area contributed by atoms with Crippen LogP contribution in [-0.4, -0.2) is 36.3 Å². The molecule has 0 fully saturated rings. The van der Waals surface area contributed by atoms with E-state index in [0.29, 0.717) is 22.6 Å². The molecule has 0 unspecified atom stereocenters. The van der Waals surface area contributed by atoms with E-state index in [9.17, 15) is 4.79 Å². The van der Waals surface area contributed by atoms with E-state index in [4.69, 9.17) is 14.6 Å². The first kappa shape index (κ1) is 16.2. The van der Waals surface area contributed by atoms with Crippen LogP contribution in [-0.2, 0) is 0 Å². The van der Waals surface area contributed by atoms with Crippen molar-refractivity contribution < 1.29 is 19.4 Å². The predicted octanol–water partition coefficient (Wildman–Crippen LogP) is 3.68. The third-order valence-corrected chi connectivity index (χ3v) is 3.93. The van der Waals surface area contributed by atoms with Crippen LogP contribution in [0.15, 0.2) is 16.6 Å². The zero-order valence-corrected chi connectivity index (χ0v) is 13.3. The summed E-state index contributed by atoms with van der Waals surface area (Å²) in [6, 6.07) is 2.98. The Hall–Kier alpha value is -0.880. The Labute approximate surface area is 125 Å². The van der Waals surface area contributed by atoms with Crippen molar-refractivity contribution in [3.8, 4) is 11.5 Å². The fraction of sp³-hybridized carbons (Fsp3) is 0.462. The average molecular weight is 349 g/mol. The number of thioether (sulfide) groups is 1. The van der Waals surface area contributed by atoms with Crippen LogP contribution in [0.25, 0.3) is 0 Å². The van der Waals surface area contributed by atoms with E-state index >= 15 is 0 Å². The lowest BCUT2D eigenvalue weighted by Gasteiger charge is -2.13. The number of hydrogen-bond donors (Lipinski definition) is 1. The molecule has 1 aromatic rings. The average Bonchev–Trinajstić information content (AvgIpc) is 2.39. The standard InChI is InChI=1S/C13H17BrO4S/c1-3-19-6-4-5-18-12-10(14)7-9(13(15)16)8-11(12)17-2/h7-8H,3-6H2,1-2H3,(H,15,16). The minimum atomic E-state index is -0.995. The maximum absolute atomic E-state index is 10.9. The lowest BCUT2D eigenvalue weighted by molar-refractivity contribution is 0.0696. The zero-order valence-electron chi connectivity index (χ0n) is 10.9. The summed E-state index contributed by atoms with van der Waals surface area (Å²) in [6.45, 7) is 2.70. The van der Waals surface area contributed by atoms with Gasteiger partial charge in [-0.15, -0.1) is 0 Å². The van der Waals surface area contributed by atoms with Gasteiger partial charge in [-0.25, -0.2) is 4.79 Å². The Morgan fingerprint density at radius 1 is 1.47 bits per heavy atom. The molecule has 4 nitrogen and oxygen atoms in total. The summed E-state index contributed by atoms with van der Waals surface area (Å²) in [5.74, 6) is 2.12. The number of ether oxygens (including phenoxy) is 2. The molecule has 6 heteroatoms. The first-order chi connectivity index (χ1) is 9.10. The van der Waals surface area contributed by atoms with Crippen molar-refractivity contribution in [3.63, 3.8) is 0 Å². The normalized spacial score (nSPS) is 10.3. The van der Waals surface area contributed by atoms with Gasteiger partial charge in [0, 0.05) is 0 Å². The molecular formula is C13H17BrO4S. The Morgan fingerprint density at radius 2 is 2.21 bits per heavy atom. The lowest BCUT2D eigenvalue weighted by Crippen LogP contribution is -2.04. The number of methoxy groups -OCH3 is 1. The molecule has 106 valence electrons. The van der Waals surface area contributed by atoms with Gasteiger partial charge in [-0.2, -0.15) is 11.8 Å². The number of aromatic carboxylic acids is 1. The van der Waals surface area contributed by atoms with Gasteiger partial charge in [0.25, 0.3) is 0 Å². The number of carbonyl (C=O) groups is 1. The Kier molecular flexibility index (Phi) is 7.09. The van der Waals surface area contributed by atoms with Gasteiger partial charge in [0.2, 0.25) is 0 Å². The third kappa shape index (κ3) is 4.95. The van der Waals surface area contributed by atoms with Gasteiger partial charge in [-0.1, -0.05) is 6.92 Å². The van der Waals surface area contributed by atoms with E-state index in [1.807, 2.05) is 11.8 Å². The van der Waals surface area contributed by atoms with Crippen molar-refractivity contribution in [3.05, 3.63) is 22.2 Å². The minimum Gasteiger partial charge on any atom is -0.493 e. The molecule has 1 N–H and O–H groups in total. The van der Waals surface area contributed by atoms with E-state index < -0.39 is 5.97 Å². The molecule has 0 saturated heterocycles. The summed E-state index contributed by atoms with van der Waals surface area (Å²) in [6.07, 6.45) is 0.939. The summed E-state index contributed by atoms with van der Waals surface area (Å²) in [5.41, 5.74) is 0.164. The van der Waals surface area contributed by atoms with Gasteiger partial charge >= 0.3 is 5.97 Å². The van der Waals surface area contributed by atoms with Crippen LogP contribution in [0.1, 0.15) is 23.7 Å². The van der Waals surface area contributed by atoms with E-state index in [-0.39, 0.29) is 5.56 Å². The highest BCUT2D eigenvalue weighted by atomic mass is 79.9. The van der Waals surface area contributed by atoms with Crippen LogP contribution < -0.4 is 9.47 Å². The Morgan fingerprint density at radius 3 is 2.79 bits per heavy atom. The number of halogens is 1. The molecule has 0 saturated carbocycles. The summed E-state index contributed by atoms with van der Waals surface area (Å²) in [4.78, 5) is 10.9. The summed E-state index contributed by atoms with van der Waals surface area (Å²) in [7, 11) is 1.49. The van der Waals surface area contributed by atoms with Crippen LogP contribution in [0.5, 0.6) is 11.5 Å². The number of carboxylic acid groups (broad SMARTS) is 1.